The Morgan fingerprint density at radius 2 is 2.03 bits per heavy atom. The summed E-state index contributed by atoms with van der Waals surface area (Å²) in [5.41, 5.74) is 0.901. The van der Waals surface area contributed by atoms with E-state index in [2.05, 4.69) is 25.5 Å². The lowest BCUT2D eigenvalue weighted by Crippen LogP contribution is -2.50. The Morgan fingerprint density at radius 1 is 1.19 bits per heavy atom. The summed E-state index contributed by atoms with van der Waals surface area (Å²) in [6.07, 6.45) is 6.67. The van der Waals surface area contributed by atoms with Crippen LogP contribution in [0.5, 0.6) is 0 Å². The molecule has 2 N–H and O–H groups in total. The summed E-state index contributed by atoms with van der Waals surface area (Å²) >= 11 is 0. The number of hydrogen-bond acceptors (Lipinski definition) is 8. The molecular formula is C26H29FN8O2. The van der Waals surface area contributed by atoms with Gasteiger partial charge in [0.25, 0.3) is 0 Å². The van der Waals surface area contributed by atoms with Gasteiger partial charge in [-0.3, -0.25) is 4.79 Å². The van der Waals surface area contributed by atoms with Gasteiger partial charge in [0.05, 0.1) is 18.5 Å². The smallest absolute Gasteiger partial charge is 0.228 e. The Hall–Kier alpha value is -3.86. The van der Waals surface area contributed by atoms with Crippen molar-refractivity contribution in [2.75, 3.05) is 42.3 Å². The fraction of sp³-hybridized carbons (Fsp3) is 0.423. The maximum Gasteiger partial charge on any atom is 0.228 e. The molecule has 2 fully saturated rings. The van der Waals surface area contributed by atoms with Crippen LogP contribution in [0.4, 0.5) is 21.7 Å². The number of alkyl halides is 1. The number of carbonyl (C=O) groups excluding carboxylic acids is 1. The van der Waals surface area contributed by atoms with Crippen LogP contribution in [0.2, 0.25) is 0 Å². The predicted molar refractivity (Wildman–Crippen MR) is 140 cm³/mol. The Labute approximate surface area is 213 Å². The first-order valence-electron chi connectivity index (χ1n) is 12.5. The molecule has 192 valence electrons. The van der Waals surface area contributed by atoms with Gasteiger partial charge in [0, 0.05) is 54.8 Å². The molecule has 1 aliphatic carbocycles. The highest BCUT2D eigenvalue weighted by atomic mass is 19.1. The molecule has 1 atom stereocenters. The summed E-state index contributed by atoms with van der Waals surface area (Å²) in [6, 6.07) is 5.71. The molecule has 4 aromatic heterocycles. The second-order valence-corrected chi connectivity index (χ2v) is 10.1. The summed E-state index contributed by atoms with van der Waals surface area (Å²) in [5, 5.41) is 12.4. The van der Waals surface area contributed by atoms with Gasteiger partial charge in [-0.1, -0.05) is 0 Å². The van der Waals surface area contributed by atoms with Crippen LogP contribution in [-0.4, -0.2) is 69.0 Å². The van der Waals surface area contributed by atoms with Gasteiger partial charge in [-0.2, -0.15) is 0 Å². The molecule has 10 nitrogen and oxygen atoms in total. The van der Waals surface area contributed by atoms with E-state index in [0.29, 0.717) is 42.8 Å². The van der Waals surface area contributed by atoms with Gasteiger partial charge in [-0.15, -0.1) is 5.10 Å². The molecule has 0 spiro atoms. The fourth-order valence-electron chi connectivity index (χ4n) is 4.63. The molecule has 0 aromatic carbocycles. The molecule has 0 radical (unpaired) electrons. The van der Waals surface area contributed by atoms with Crippen molar-refractivity contribution < 1.29 is 13.9 Å². The standard InChI is InChI=1S/C26H29FN8O2/c1-26(2,27)20-14-34(8-9-37-20)16-6-7-22-32-24(33-35(22)13-16)19-12-30-23(28-3)18-11-29-21(10-17(18)19)31-25(36)15-4-5-15/h6-7,10-13,15,20H,4-5,8-9,14H2,1-3H3,(H,28,30)(H,29,31,36)/t20-/m1/s1. The number of halogens is 1. The van der Waals surface area contributed by atoms with Crippen LogP contribution in [-0.2, 0) is 9.53 Å². The molecular weight excluding hydrogens is 475 g/mol. The number of morpholine rings is 1. The maximum atomic E-state index is 14.5. The van der Waals surface area contributed by atoms with Crippen molar-refractivity contribution in [3.8, 4) is 11.4 Å². The second-order valence-electron chi connectivity index (χ2n) is 10.1. The minimum Gasteiger partial charge on any atom is -0.373 e. The second kappa shape index (κ2) is 8.91. The first kappa shape index (κ1) is 23.5. The minimum atomic E-state index is -1.43. The number of anilines is 3. The normalized spacial score (nSPS) is 18.4. The molecule has 0 bridgehead atoms. The zero-order chi connectivity index (χ0) is 25.7. The molecule has 2 aliphatic rings. The number of carbonyl (C=O) groups is 1. The van der Waals surface area contributed by atoms with Crippen LogP contribution < -0.4 is 15.5 Å². The summed E-state index contributed by atoms with van der Waals surface area (Å²) in [6.45, 7) is 4.68. The zero-order valence-electron chi connectivity index (χ0n) is 21.0. The number of ether oxygens (including phenoxy) is 1. The monoisotopic (exact) mass is 504 g/mol. The third-order valence-corrected chi connectivity index (χ3v) is 6.96. The molecule has 11 heteroatoms. The van der Waals surface area contributed by atoms with Gasteiger partial charge < -0.3 is 20.3 Å². The van der Waals surface area contributed by atoms with Crippen LogP contribution in [0.1, 0.15) is 26.7 Å². The van der Waals surface area contributed by atoms with E-state index in [9.17, 15) is 9.18 Å². The lowest BCUT2D eigenvalue weighted by molar-refractivity contribution is -0.117. The van der Waals surface area contributed by atoms with Crippen LogP contribution in [0, 0.1) is 5.92 Å². The number of nitrogens with zero attached hydrogens (tertiary/aromatic N) is 6. The molecule has 4 aromatic rings. The van der Waals surface area contributed by atoms with Crippen LogP contribution in [0.3, 0.4) is 0 Å². The fourth-order valence-corrected chi connectivity index (χ4v) is 4.63. The Balaban J connectivity index is 1.36. The van der Waals surface area contributed by atoms with Gasteiger partial charge in [-0.25, -0.2) is 23.9 Å². The van der Waals surface area contributed by atoms with E-state index in [-0.39, 0.29) is 11.8 Å². The van der Waals surface area contributed by atoms with Crippen LogP contribution in [0.15, 0.2) is 36.8 Å². The summed E-state index contributed by atoms with van der Waals surface area (Å²) < 4.78 is 21.9. The van der Waals surface area contributed by atoms with Crippen molar-refractivity contribution in [1.82, 2.24) is 24.6 Å². The topological polar surface area (TPSA) is 110 Å². The highest BCUT2D eigenvalue weighted by Crippen LogP contribution is 2.33. The van der Waals surface area contributed by atoms with Crippen molar-refractivity contribution in [3.63, 3.8) is 0 Å². The summed E-state index contributed by atoms with van der Waals surface area (Å²) in [5.74, 6) is 1.75. The van der Waals surface area contributed by atoms with Crippen LogP contribution in [0.25, 0.3) is 27.8 Å². The lowest BCUT2D eigenvalue weighted by Gasteiger charge is -2.38. The van der Waals surface area contributed by atoms with Gasteiger partial charge >= 0.3 is 0 Å². The molecule has 5 heterocycles. The molecule has 1 amide bonds. The highest BCUT2D eigenvalue weighted by Gasteiger charge is 2.34. The van der Waals surface area contributed by atoms with Crippen molar-refractivity contribution in [2.24, 2.45) is 5.92 Å². The van der Waals surface area contributed by atoms with Gasteiger partial charge in [0.15, 0.2) is 11.5 Å². The van der Waals surface area contributed by atoms with Crippen LogP contribution >= 0.6 is 0 Å². The third-order valence-electron chi connectivity index (χ3n) is 6.96. The van der Waals surface area contributed by atoms with E-state index in [0.717, 1.165) is 34.9 Å². The van der Waals surface area contributed by atoms with Gasteiger partial charge in [0.1, 0.15) is 23.4 Å². The van der Waals surface area contributed by atoms with Crippen molar-refractivity contribution in [2.45, 2.75) is 38.5 Å². The van der Waals surface area contributed by atoms with Gasteiger partial charge in [-0.05, 0) is 44.9 Å². The largest absolute Gasteiger partial charge is 0.373 e. The number of nitrogens with one attached hydrogen (secondary N) is 2. The number of hydrogen-bond donors (Lipinski definition) is 2. The van der Waals surface area contributed by atoms with E-state index in [1.165, 1.54) is 0 Å². The highest BCUT2D eigenvalue weighted by molar-refractivity contribution is 6.03. The number of fused-ring (bicyclic) bond motifs is 2. The van der Waals surface area contributed by atoms with E-state index in [1.807, 2.05) is 24.4 Å². The molecule has 37 heavy (non-hydrogen) atoms. The quantitative estimate of drug-likeness (QED) is 0.409. The summed E-state index contributed by atoms with van der Waals surface area (Å²) in [7, 11) is 1.80. The average Bonchev–Trinajstić information content (AvgIpc) is 3.66. The average molecular weight is 505 g/mol. The van der Waals surface area contributed by atoms with E-state index in [1.54, 1.807) is 37.8 Å². The SMILES string of the molecule is CNc1ncc(-c2nc3ccc(N4CCO[C@@H](C(C)(C)F)C4)cn3n2)c2cc(NC(=O)C3CC3)ncc12. The number of pyridine rings is 3. The maximum absolute atomic E-state index is 14.5. The van der Waals surface area contributed by atoms with Crippen molar-refractivity contribution in [1.29, 1.82) is 0 Å². The first-order valence-corrected chi connectivity index (χ1v) is 12.5. The molecule has 1 saturated carbocycles. The Kier molecular flexibility index (Phi) is 5.67. The van der Waals surface area contributed by atoms with Gasteiger partial charge in [0.2, 0.25) is 5.91 Å². The zero-order valence-corrected chi connectivity index (χ0v) is 21.0. The number of amides is 1. The Bertz CT molecular complexity index is 1490. The molecule has 0 unspecified atom stereocenters. The third kappa shape index (κ3) is 4.55. The summed E-state index contributed by atoms with van der Waals surface area (Å²) in [4.78, 5) is 28.1. The Morgan fingerprint density at radius 3 is 2.78 bits per heavy atom. The number of rotatable bonds is 6. The van der Waals surface area contributed by atoms with Crippen molar-refractivity contribution >= 4 is 39.6 Å². The van der Waals surface area contributed by atoms with E-state index in [4.69, 9.17) is 14.8 Å². The van der Waals surface area contributed by atoms with Crippen molar-refractivity contribution in [3.05, 3.63) is 36.8 Å². The van der Waals surface area contributed by atoms with E-state index >= 15 is 0 Å². The minimum absolute atomic E-state index is 0.00354. The first-order chi connectivity index (χ1) is 17.8. The van der Waals surface area contributed by atoms with E-state index < -0.39 is 11.8 Å². The predicted octanol–water partition coefficient (Wildman–Crippen LogP) is 3.68. The molecule has 1 saturated heterocycles. The number of aromatic nitrogens is 5. The molecule has 6 rings (SSSR count). The molecule has 1 aliphatic heterocycles. The lowest BCUT2D eigenvalue weighted by atomic mass is 10.0.